The van der Waals surface area contributed by atoms with Crippen molar-refractivity contribution in [3.8, 4) is 0 Å². The Bertz CT molecular complexity index is 724. The molecule has 1 aliphatic rings. The molecule has 1 aliphatic heterocycles. The Hall–Kier alpha value is -2.54. The van der Waals surface area contributed by atoms with Crippen LogP contribution in [0.2, 0.25) is 0 Å². The highest BCUT2D eigenvalue weighted by molar-refractivity contribution is 5.92. The number of carbonyl (C=O) groups is 1. The van der Waals surface area contributed by atoms with Crippen LogP contribution in [0.4, 0.5) is 5.95 Å². The molecule has 3 rings (SSSR count). The van der Waals surface area contributed by atoms with Gasteiger partial charge in [-0.2, -0.15) is 0 Å². The molecule has 1 atom stereocenters. The Kier molecular flexibility index (Phi) is 4.44. The molecule has 0 spiro atoms. The molecular formula is C17H21N5O2. The van der Waals surface area contributed by atoms with Crippen LogP contribution in [0.1, 0.15) is 22.6 Å². The van der Waals surface area contributed by atoms with Crippen LogP contribution in [0, 0.1) is 6.92 Å². The number of hydrogen-bond donors (Lipinski definition) is 1. The lowest BCUT2D eigenvalue weighted by Gasteiger charge is -2.28. The molecule has 2 aromatic heterocycles. The Morgan fingerprint density at radius 3 is 2.79 bits per heavy atom. The minimum atomic E-state index is -0.979. The summed E-state index contributed by atoms with van der Waals surface area (Å²) in [5.74, 6) is 0.407. The van der Waals surface area contributed by atoms with Gasteiger partial charge in [0.25, 0.3) is 5.91 Å². The third kappa shape index (κ3) is 3.51. The van der Waals surface area contributed by atoms with E-state index in [1.165, 1.54) is 4.90 Å². The summed E-state index contributed by atoms with van der Waals surface area (Å²) in [4.78, 5) is 28.6. The average molecular weight is 327 g/mol. The SMILES string of the molecule is Cc1cccc(C(=O)N(C)CC2(O)CCN(c3ncccn3)C2)n1. The third-order valence-electron chi connectivity index (χ3n) is 4.15. The van der Waals surface area contributed by atoms with Crippen molar-refractivity contribution >= 4 is 11.9 Å². The molecule has 7 nitrogen and oxygen atoms in total. The van der Waals surface area contributed by atoms with Gasteiger partial charge in [-0.15, -0.1) is 0 Å². The minimum Gasteiger partial charge on any atom is -0.386 e. The highest BCUT2D eigenvalue weighted by Gasteiger charge is 2.39. The summed E-state index contributed by atoms with van der Waals surface area (Å²) < 4.78 is 0. The van der Waals surface area contributed by atoms with Crippen molar-refractivity contribution in [2.45, 2.75) is 18.9 Å². The summed E-state index contributed by atoms with van der Waals surface area (Å²) in [5, 5.41) is 10.8. The summed E-state index contributed by atoms with van der Waals surface area (Å²) in [5.41, 5.74) is 0.205. The van der Waals surface area contributed by atoms with E-state index in [-0.39, 0.29) is 12.5 Å². The second kappa shape index (κ2) is 6.52. The van der Waals surface area contributed by atoms with Crippen molar-refractivity contribution in [1.29, 1.82) is 0 Å². The molecule has 3 heterocycles. The number of aromatic nitrogens is 3. The minimum absolute atomic E-state index is 0.193. The highest BCUT2D eigenvalue weighted by atomic mass is 16.3. The second-order valence-corrected chi connectivity index (χ2v) is 6.27. The number of aliphatic hydroxyl groups is 1. The van der Waals surface area contributed by atoms with Crippen LogP contribution in [0.15, 0.2) is 36.7 Å². The number of β-amino-alcohol motifs (C(OH)–C–C–N with tert-alkyl or cyclic N) is 1. The number of rotatable bonds is 4. The van der Waals surface area contributed by atoms with Gasteiger partial charge in [-0.05, 0) is 31.5 Å². The van der Waals surface area contributed by atoms with E-state index in [0.29, 0.717) is 31.2 Å². The van der Waals surface area contributed by atoms with Crippen LogP contribution in [0.3, 0.4) is 0 Å². The van der Waals surface area contributed by atoms with Gasteiger partial charge < -0.3 is 14.9 Å². The number of carbonyl (C=O) groups excluding carboxylic acids is 1. The summed E-state index contributed by atoms with van der Waals surface area (Å²) in [6.07, 6.45) is 3.92. The number of aryl methyl sites for hydroxylation is 1. The van der Waals surface area contributed by atoms with E-state index in [1.54, 1.807) is 31.6 Å². The van der Waals surface area contributed by atoms with Crippen molar-refractivity contribution in [3.05, 3.63) is 48.0 Å². The number of anilines is 1. The Balaban J connectivity index is 1.66. The molecule has 2 aromatic rings. The van der Waals surface area contributed by atoms with Gasteiger partial charge in [0.1, 0.15) is 11.3 Å². The first-order chi connectivity index (χ1) is 11.5. The number of hydrogen-bond acceptors (Lipinski definition) is 6. The first kappa shape index (κ1) is 16.3. The van der Waals surface area contributed by atoms with Crippen molar-refractivity contribution in [1.82, 2.24) is 19.9 Å². The molecule has 0 aromatic carbocycles. The molecule has 126 valence electrons. The lowest BCUT2D eigenvalue weighted by atomic mass is 10.0. The van der Waals surface area contributed by atoms with Gasteiger partial charge in [-0.1, -0.05) is 6.07 Å². The van der Waals surface area contributed by atoms with E-state index in [1.807, 2.05) is 24.0 Å². The van der Waals surface area contributed by atoms with Gasteiger partial charge in [-0.25, -0.2) is 15.0 Å². The topological polar surface area (TPSA) is 82.5 Å². The van der Waals surface area contributed by atoms with Crippen LogP contribution in [0.5, 0.6) is 0 Å². The molecule has 1 amide bonds. The molecule has 1 fully saturated rings. The Labute approximate surface area is 141 Å². The van der Waals surface area contributed by atoms with E-state index >= 15 is 0 Å². The zero-order valence-electron chi connectivity index (χ0n) is 13.9. The Morgan fingerprint density at radius 2 is 2.08 bits per heavy atom. The molecule has 0 aliphatic carbocycles. The molecule has 7 heteroatoms. The smallest absolute Gasteiger partial charge is 0.272 e. The van der Waals surface area contributed by atoms with Crippen LogP contribution < -0.4 is 4.90 Å². The van der Waals surface area contributed by atoms with E-state index in [4.69, 9.17) is 0 Å². The number of amides is 1. The third-order valence-corrected chi connectivity index (χ3v) is 4.15. The molecule has 24 heavy (non-hydrogen) atoms. The average Bonchev–Trinajstić information content (AvgIpc) is 2.97. The predicted molar refractivity (Wildman–Crippen MR) is 89.7 cm³/mol. The summed E-state index contributed by atoms with van der Waals surface area (Å²) in [6, 6.07) is 7.10. The maximum absolute atomic E-state index is 12.5. The fraction of sp³-hybridized carbons (Fsp3) is 0.412. The lowest BCUT2D eigenvalue weighted by Crippen LogP contribution is -2.46. The molecule has 1 N–H and O–H groups in total. The van der Waals surface area contributed by atoms with Crippen molar-refractivity contribution in [3.63, 3.8) is 0 Å². The fourth-order valence-corrected chi connectivity index (χ4v) is 2.98. The summed E-state index contributed by atoms with van der Waals surface area (Å²) >= 11 is 0. The standard InChI is InChI=1S/C17H21N5O2/c1-13-5-3-6-14(20-13)15(23)21(2)11-17(24)7-10-22(12-17)16-18-8-4-9-19-16/h3-6,8-9,24H,7,10-12H2,1-2H3. The van der Waals surface area contributed by atoms with Crippen LogP contribution in [-0.2, 0) is 0 Å². The van der Waals surface area contributed by atoms with Crippen LogP contribution in [0.25, 0.3) is 0 Å². The molecule has 1 saturated heterocycles. The van der Waals surface area contributed by atoms with Gasteiger partial charge >= 0.3 is 0 Å². The van der Waals surface area contributed by atoms with Gasteiger partial charge in [0, 0.05) is 31.7 Å². The number of pyridine rings is 1. The summed E-state index contributed by atoms with van der Waals surface area (Å²) in [6.45, 7) is 3.14. The molecule has 0 bridgehead atoms. The van der Waals surface area contributed by atoms with Crippen molar-refractivity contribution < 1.29 is 9.90 Å². The number of likely N-dealkylation sites (N-methyl/N-ethyl adjacent to an activating group) is 1. The first-order valence-corrected chi connectivity index (χ1v) is 7.90. The van der Waals surface area contributed by atoms with Crippen LogP contribution >= 0.6 is 0 Å². The van der Waals surface area contributed by atoms with Gasteiger partial charge in [0.15, 0.2) is 0 Å². The lowest BCUT2D eigenvalue weighted by molar-refractivity contribution is 0.0261. The van der Waals surface area contributed by atoms with E-state index < -0.39 is 5.60 Å². The fourth-order valence-electron chi connectivity index (χ4n) is 2.98. The van der Waals surface area contributed by atoms with Gasteiger partial charge in [0.05, 0.1) is 13.1 Å². The zero-order chi connectivity index (χ0) is 17.2. The van der Waals surface area contributed by atoms with E-state index in [2.05, 4.69) is 15.0 Å². The predicted octanol–water partition coefficient (Wildman–Crippen LogP) is 0.893. The zero-order valence-corrected chi connectivity index (χ0v) is 13.9. The Morgan fingerprint density at radius 1 is 1.33 bits per heavy atom. The van der Waals surface area contributed by atoms with Gasteiger partial charge in [0.2, 0.25) is 5.95 Å². The number of nitrogens with zero attached hydrogens (tertiary/aromatic N) is 5. The second-order valence-electron chi connectivity index (χ2n) is 6.27. The van der Waals surface area contributed by atoms with E-state index in [0.717, 1.165) is 5.69 Å². The largest absolute Gasteiger partial charge is 0.386 e. The summed E-state index contributed by atoms with van der Waals surface area (Å²) in [7, 11) is 1.69. The monoisotopic (exact) mass is 327 g/mol. The molecule has 0 saturated carbocycles. The molecule has 1 unspecified atom stereocenters. The van der Waals surface area contributed by atoms with Crippen molar-refractivity contribution in [2.24, 2.45) is 0 Å². The normalized spacial score (nSPS) is 20.2. The van der Waals surface area contributed by atoms with Crippen molar-refractivity contribution in [2.75, 3.05) is 31.6 Å². The molecule has 0 radical (unpaired) electrons. The first-order valence-electron chi connectivity index (χ1n) is 7.90. The quantitative estimate of drug-likeness (QED) is 0.898. The van der Waals surface area contributed by atoms with Crippen LogP contribution in [-0.4, -0.2) is 63.1 Å². The maximum Gasteiger partial charge on any atom is 0.272 e. The van der Waals surface area contributed by atoms with Gasteiger partial charge in [-0.3, -0.25) is 4.79 Å². The highest BCUT2D eigenvalue weighted by Crippen LogP contribution is 2.25. The maximum atomic E-state index is 12.5. The molecular weight excluding hydrogens is 306 g/mol. The van der Waals surface area contributed by atoms with E-state index in [9.17, 15) is 9.90 Å².